The molecule has 132 valence electrons. The molecule has 8 nitrogen and oxygen atoms in total. The van der Waals surface area contributed by atoms with Gasteiger partial charge in [0.05, 0.1) is 16.6 Å². The van der Waals surface area contributed by atoms with Crippen LogP contribution in [0.1, 0.15) is 42.5 Å². The van der Waals surface area contributed by atoms with Crippen LogP contribution in [0.5, 0.6) is 0 Å². The van der Waals surface area contributed by atoms with Gasteiger partial charge in [0.1, 0.15) is 5.54 Å². The first kappa shape index (κ1) is 18.4. The van der Waals surface area contributed by atoms with E-state index in [0.717, 1.165) is 19.3 Å². The average Bonchev–Trinajstić information content (AvgIpc) is 2.65. The number of nitriles is 1. The molecule has 0 spiro atoms. The molecule has 0 radical (unpaired) electrons. The zero-order valence-corrected chi connectivity index (χ0v) is 13.9. The quantitative estimate of drug-likeness (QED) is 0.460. The number of benzene rings is 1. The van der Waals surface area contributed by atoms with Crippen molar-refractivity contribution in [3.8, 4) is 6.07 Å². The predicted molar refractivity (Wildman–Crippen MR) is 87.6 cm³/mol. The maximum absolute atomic E-state index is 12.3. The van der Waals surface area contributed by atoms with E-state index < -0.39 is 28.9 Å². The van der Waals surface area contributed by atoms with Gasteiger partial charge in [-0.3, -0.25) is 14.9 Å². The first-order valence-corrected chi connectivity index (χ1v) is 7.99. The minimum absolute atomic E-state index is 0.119. The number of hydrogen-bond donors (Lipinski definition) is 0. The molecule has 2 rings (SSSR count). The van der Waals surface area contributed by atoms with E-state index in [1.54, 1.807) is 7.05 Å². The van der Waals surface area contributed by atoms with E-state index in [1.165, 1.54) is 29.2 Å². The molecule has 1 fully saturated rings. The van der Waals surface area contributed by atoms with Crippen molar-refractivity contribution in [1.82, 2.24) is 4.90 Å². The average molecular weight is 345 g/mol. The summed E-state index contributed by atoms with van der Waals surface area (Å²) in [6.45, 7) is -0.476. The smallest absolute Gasteiger partial charge is 0.338 e. The number of nitrogens with zero attached hydrogens (tertiary/aromatic N) is 3. The summed E-state index contributed by atoms with van der Waals surface area (Å²) >= 11 is 0. The van der Waals surface area contributed by atoms with Crippen molar-refractivity contribution in [2.45, 2.75) is 37.6 Å². The first-order valence-electron chi connectivity index (χ1n) is 7.99. The SMILES string of the molecule is CN(C(=O)COC(=O)c1ccc([N+](=O)[O-])cc1)C1(C#N)CCCCC1. The number of rotatable bonds is 5. The van der Waals surface area contributed by atoms with Crippen LogP contribution in [-0.4, -0.2) is 40.9 Å². The van der Waals surface area contributed by atoms with E-state index in [2.05, 4.69) is 6.07 Å². The molecule has 0 saturated heterocycles. The van der Waals surface area contributed by atoms with Crippen LogP contribution < -0.4 is 0 Å². The summed E-state index contributed by atoms with van der Waals surface area (Å²) in [5.74, 6) is -1.19. The molecule has 1 aromatic rings. The Kier molecular flexibility index (Phi) is 5.70. The van der Waals surface area contributed by atoms with Gasteiger partial charge in [0.15, 0.2) is 6.61 Å². The maximum atomic E-state index is 12.3. The van der Waals surface area contributed by atoms with Crippen molar-refractivity contribution in [2.75, 3.05) is 13.7 Å². The van der Waals surface area contributed by atoms with Gasteiger partial charge in [-0.1, -0.05) is 19.3 Å². The van der Waals surface area contributed by atoms with Crippen LogP contribution in [0, 0.1) is 21.4 Å². The van der Waals surface area contributed by atoms with Crippen LogP contribution in [0.4, 0.5) is 5.69 Å². The Balaban J connectivity index is 1.95. The lowest BCUT2D eigenvalue weighted by Crippen LogP contribution is -2.51. The molecule has 0 bridgehead atoms. The highest BCUT2D eigenvalue weighted by atomic mass is 16.6. The third kappa shape index (κ3) is 4.12. The minimum atomic E-state index is -0.838. The molecule has 0 N–H and O–H groups in total. The fraction of sp³-hybridized carbons (Fsp3) is 0.471. The van der Waals surface area contributed by atoms with Gasteiger partial charge in [-0.15, -0.1) is 0 Å². The fourth-order valence-corrected chi connectivity index (χ4v) is 2.92. The summed E-state index contributed by atoms with van der Waals surface area (Å²) < 4.78 is 4.98. The van der Waals surface area contributed by atoms with E-state index in [-0.39, 0.29) is 11.3 Å². The molecule has 1 amide bonds. The molecule has 25 heavy (non-hydrogen) atoms. The molecule has 0 unspecified atom stereocenters. The van der Waals surface area contributed by atoms with E-state index in [4.69, 9.17) is 4.74 Å². The Labute approximate surface area is 145 Å². The third-order valence-corrected chi connectivity index (χ3v) is 4.55. The summed E-state index contributed by atoms with van der Waals surface area (Å²) in [5, 5.41) is 20.1. The molecule has 1 aliphatic carbocycles. The van der Waals surface area contributed by atoms with Gasteiger partial charge in [-0.05, 0) is 25.0 Å². The Morgan fingerprint density at radius 3 is 2.40 bits per heavy atom. The van der Waals surface area contributed by atoms with Gasteiger partial charge < -0.3 is 9.64 Å². The molecule has 1 aromatic carbocycles. The van der Waals surface area contributed by atoms with Crippen molar-refractivity contribution in [3.63, 3.8) is 0 Å². The Hall–Kier alpha value is -2.95. The Morgan fingerprint density at radius 2 is 1.88 bits per heavy atom. The number of carbonyl (C=O) groups excluding carboxylic acids is 2. The fourth-order valence-electron chi connectivity index (χ4n) is 2.92. The third-order valence-electron chi connectivity index (χ3n) is 4.55. The van der Waals surface area contributed by atoms with Gasteiger partial charge in [0, 0.05) is 19.2 Å². The van der Waals surface area contributed by atoms with E-state index in [0.29, 0.717) is 12.8 Å². The molecule has 8 heteroatoms. The number of carbonyl (C=O) groups is 2. The van der Waals surface area contributed by atoms with Crippen molar-refractivity contribution in [1.29, 1.82) is 5.26 Å². The number of hydrogen-bond acceptors (Lipinski definition) is 6. The summed E-state index contributed by atoms with van der Waals surface area (Å²) in [4.78, 5) is 35.6. The highest BCUT2D eigenvalue weighted by Gasteiger charge is 2.39. The van der Waals surface area contributed by atoms with Crippen molar-refractivity contribution < 1.29 is 19.2 Å². The molecule has 0 heterocycles. The van der Waals surface area contributed by atoms with Crippen molar-refractivity contribution in [3.05, 3.63) is 39.9 Å². The predicted octanol–water partition coefficient (Wildman–Crippen LogP) is 2.44. The highest BCUT2D eigenvalue weighted by Crippen LogP contribution is 2.32. The molecule has 1 aliphatic rings. The number of nitro benzene ring substituents is 1. The van der Waals surface area contributed by atoms with Gasteiger partial charge >= 0.3 is 5.97 Å². The number of nitro groups is 1. The van der Waals surface area contributed by atoms with E-state index >= 15 is 0 Å². The van der Waals surface area contributed by atoms with E-state index in [1.807, 2.05) is 0 Å². The van der Waals surface area contributed by atoms with Gasteiger partial charge in [0.2, 0.25) is 0 Å². The number of ether oxygens (including phenoxy) is 1. The second kappa shape index (κ2) is 7.75. The summed E-state index contributed by atoms with van der Waals surface area (Å²) in [7, 11) is 1.55. The van der Waals surface area contributed by atoms with Gasteiger partial charge in [0.25, 0.3) is 11.6 Å². The Bertz CT molecular complexity index is 702. The van der Waals surface area contributed by atoms with Crippen LogP contribution in [0.2, 0.25) is 0 Å². The molecular formula is C17H19N3O5. The van der Waals surface area contributed by atoms with Crippen LogP contribution in [0.3, 0.4) is 0 Å². The van der Waals surface area contributed by atoms with Gasteiger partial charge in [-0.2, -0.15) is 5.26 Å². The van der Waals surface area contributed by atoms with Crippen LogP contribution in [-0.2, 0) is 9.53 Å². The first-order chi connectivity index (χ1) is 11.9. The summed E-state index contributed by atoms with van der Waals surface area (Å²) in [6.07, 6.45) is 4.03. The lowest BCUT2D eigenvalue weighted by Gasteiger charge is -2.38. The summed E-state index contributed by atoms with van der Waals surface area (Å²) in [6, 6.07) is 7.16. The molecular weight excluding hydrogens is 326 g/mol. The second-order valence-electron chi connectivity index (χ2n) is 6.04. The second-order valence-corrected chi connectivity index (χ2v) is 6.04. The number of esters is 1. The minimum Gasteiger partial charge on any atom is -0.452 e. The summed E-state index contributed by atoms with van der Waals surface area (Å²) in [5.41, 5.74) is -0.857. The monoisotopic (exact) mass is 345 g/mol. The van der Waals surface area contributed by atoms with Crippen molar-refractivity contribution in [2.24, 2.45) is 0 Å². The van der Waals surface area contributed by atoms with Crippen LogP contribution in [0.15, 0.2) is 24.3 Å². The lowest BCUT2D eigenvalue weighted by molar-refractivity contribution is -0.384. The Morgan fingerprint density at radius 1 is 1.28 bits per heavy atom. The molecule has 0 aliphatic heterocycles. The topological polar surface area (TPSA) is 114 Å². The largest absolute Gasteiger partial charge is 0.452 e. The van der Waals surface area contributed by atoms with Crippen LogP contribution in [0.25, 0.3) is 0 Å². The molecule has 0 aromatic heterocycles. The standard InChI is InChI=1S/C17H19N3O5/c1-19(17(12-18)9-3-2-4-10-17)15(21)11-25-16(22)13-5-7-14(8-6-13)20(23)24/h5-8H,2-4,9-11H2,1H3. The normalized spacial score (nSPS) is 15.7. The van der Waals surface area contributed by atoms with Crippen LogP contribution >= 0.6 is 0 Å². The lowest BCUT2D eigenvalue weighted by atomic mass is 9.81. The van der Waals surface area contributed by atoms with E-state index in [9.17, 15) is 25.0 Å². The zero-order valence-electron chi connectivity index (χ0n) is 13.9. The highest BCUT2D eigenvalue weighted by molar-refractivity contribution is 5.91. The van der Waals surface area contributed by atoms with Crippen molar-refractivity contribution >= 4 is 17.6 Å². The molecule has 1 saturated carbocycles. The number of likely N-dealkylation sites (N-methyl/N-ethyl adjacent to an activating group) is 1. The maximum Gasteiger partial charge on any atom is 0.338 e. The number of amides is 1. The zero-order chi connectivity index (χ0) is 18.4. The van der Waals surface area contributed by atoms with Gasteiger partial charge in [-0.25, -0.2) is 4.79 Å². The molecule has 0 atom stereocenters. The number of non-ortho nitro benzene ring substituents is 1.